The maximum Gasteiger partial charge on any atom is 0.156 e. The Labute approximate surface area is 177 Å². The molecule has 1 aromatic carbocycles. The standard InChI is InChI=1S/C18H16Cl4O3S/c19-13-9-11(24-8-6-17(21)22)10-14(20)18(13)25-7-2-3-12-15(23)4-1-5-16(12)26/h1,4,6,9-10,23H,2-3,5,7-8H2. The number of thiocarbonyl (C=S) groups is 1. The van der Waals surface area contributed by atoms with Crippen molar-refractivity contribution in [3.05, 3.63) is 56.2 Å². The second-order valence-corrected chi connectivity index (χ2v) is 7.68. The molecule has 0 heterocycles. The minimum Gasteiger partial charge on any atom is -0.508 e. The quantitative estimate of drug-likeness (QED) is 0.340. The molecule has 0 aromatic heterocycles. The fourth-order valence-electron chi connectivity index (χ4n) is 2.29. The van der Waals surface area contributed by atoms with E-state index in [1.165, 1.54) is 6.08 Å². The third-order valence-electron chi connectivity index (χ3n) is 3.50. The lowest BCUT2D eigenvalue weighted by molar-refractivity contribution is 0.309. The first kappa shape index (κ1) is 21.4. The van der Waals surface area contributed by atoms with Crippen molar-refractivity contribution in [3.8, 4) is 11.5 Å². The molecule has 1 N–H and O–H groups in total. The summed E-state index contributed by atoms with van der Waals surface area (Å²) in [6, 6.07) is 3.21. The van der Waals surface area contributed by atoms with E-state index in [1.807, 2.05) is 6.08 Å². The lowest BCUT2D eigenvalue weighted by Crippen LogP contribution is -2.08. The van der Waals surface area contributed by atoms with Crippen molar-refractivity contribution >= 4 is 63.5 Å². The van der Waals surface area contributed by atoms with Crippen LogP contribution in [0.15, 0.2) is 46.2 Å². The predicted octanol–water partition coefficient (Wildman–Crippen LogP) is 6.99. The minimum absolute atomic E-state index is 0.122. The molecule has 1 aromatic rings. The molecule has 0 atom stereocenters. The molecule has 1 aliphatic carbocycles. The molecule has 3 nitrogen and oxygen atoms in total. The number of rotatable bonds is 8. The van der Waals surface area contributed by atoms with E-state index in [9.17, 15) is 5.11 Å². The van der Waals surface area contributed by atoms with Gasteiger partial charge >= 0.3 is 0 Å². The van der Waals surface area contributed by atoms with Gasteiger partial charge in [-0.1, -0.05) is 64.7 Å². The molecule has 0 radical (unpaired) electrons. The van der Waals surface area contributed by atoms with Gasteiger partial charge in [-0.05, 0) is 25.0 Å². The van der Waals surface area contributed by atoms with Crippen molar-refractivity contribution in [1.82, 2.24) is 0 Å². The number of benzene rings is 1. The first-order chi connectivity index (χ1) is 12.4. The highest BCUT2D eigenvalue weighted by Crippen LogP contribution is 2.37. The molecule has 0 fully saturated rings. The summed E-state index contributed by atoms with van der Waals surface area (Å²) in [4.78, 5) is 0.758. The highest BCUT2D eigenvalue weighted by molar-refractivity contribution is 7.80. The van der Waals surface area contributed by atoms with Crippen molar-refractivity contribution < 1.29 is 14.6 Å². The Morgan fingerprint density at radius 2 is 1.88 bits per heavy atom. The second-order valence-electron chi connectivity index (χ2n) is 5.37. The highest BCUT2D eigenvalue weighted by Gasteiger charge is 2.14. The smallest absolute Gasteiger partial charge is 0.156 e. The SMILES string of the molecule is OC1=C(CCCOc2c(Cl)cc(OCC=C(Cl)Cl)cc2Cl)C(=S)CC=C1. The van der Waals surface area contributed by atoms with Gasteiger partial charge in [0.2, 0.25) is 0 Å². The number of aliphatic hydroxyl groups excluding tert-OH is 1. The van der Waals surface area contributed by atoms with E-state index in [0.29, 0.717) is 47.4 Å². The van der Waals surface area contributed by atoms with Gasteiger partial charge < -0.3 is 14.6 Å². The van der Waals surface area contributed by atoms with Crippen LogP contribution >= 0.6 is 58.6 Å². The molecule has 0 saturated heterocycles. The largest absolute Gasteiger partial charge is 0.508 e. The van der Waals surface area contributed by atoms with E-state index >= 15 is 0 Å². The Bertz CT molecular complexity index is 745. The molecule has 2 rings (SSSR count). The fraction of sp³-hybridized carbons (Fsp3) is 0.278. The molecular weight excluding hydrogens is 438 g/mol. The van der Waals surface area contributed by atoms with Crippen LogP contribution in [-0.2, 0) is 0 Å². The number of hydrogen-bond acceptors (Lipinski definition) is 4. The van der Waals surface area contributed by atoms with E-state index in [1.54, 1.807) is 18.2 Å². The average Bonchev–Trinajstić information content (AvgIpc) is 2.55. The van der Waals surface area contributed by atoms with Crippen molar-refractivity contribution in [2.24, 2.45) is 0 Å². The summed E-state index contributed by atoms with van der Waals surface area (Å²) in [5.41, 5.74) is 0.790. The van der Waals surface area contributed by atoms with Crippen LogP contribution in [0.4, 0.5) is 0 Å². The van der Waals surface area contributed by atoms with Crippen LogP contribution in [0.5, 0.6) is 11.5 Å². The molecule has 8 heteroatoms. The van der Waals surface area contributed by atoms with Gasteiger partial charge in [-0.2, -0.15) is 0 Å². The third-order valence-corrected chi connectivity index (χ3v) is 4.78. The molecule has 1 aliphatic rings. The fourth-order valence-corrected chi connectivity index (χ4v) is 3.30. The zero-order valence-electron chi connectivity index (χ0n) is 13.6. The Hall–Kier alpha value is -0.910. The minimum atomic E-state index is 0.122. The van der Waals surface area contributed by atoms with Crippen molar-refractivity contribution in [2.75, 3.05) is 13.2 Å². The highest BCUT2D eigenvalue weighted by atomic mass is 35.5. The van der Waals surface area contributed by atoms with Gasteiger partial charge in [0.25, 0.3) is 0 Å². The van der Waals surface area contributed by atoms with Gasteiger partial charge in [0.1, 0.15) is 22.6 Å². The summed E-state index contributed by atoms with van der Waals surface area (Å²) in [5.74, 6) is 1.09. The summed E-state index contributed by atoms with van der Waals surface area (Å²) in [5, 5.41) is 10.5. The van der Waals surface area contributed by atoms with Crippen LogP contribution in [0.25, 0.3) is 0 Å². The normalized spacial score (nSPS) is 13.8. The van der Waals surface area contributed by atoms with Crippen LogP contribution in [0.3, 0.4) is 0 Å². The van der Waals surface area contributed by atoms with Gasteiger partial charge in [-0.3, -0.25) is 0 Å². The average molecular weight is 454 g/mol. The monoisotopic (exact) mass is 452 g/mol. The molecule has 140 valence electrons. The van der Waals surface area contributed by atoms with E-state index in [-0.39, 0.29) is 16.9 Å². The number of ether oxygens (including phenoxy) is 2. The third kappa shape index (κ3) is 6.36. The lowest BCUT2D eigenvalue weighted by atomic mass is 9.99. The van der Waals surface area contributed by atoms with Crippen LogP contribution < -0.4 is 9.47 Å². The Kier molecular flexibility index (Phi) is 8.58. The van der Waals surface area contributed by atoms with Crippen LogP contribution in [0, 0.1) is 0 Å². The number of allylic oxidation sites excluding steroid dienone is 3. The summed E-state index contributed by atoms with van der Waals surface area (Å²) < 4.78 is 11.2. The summed E-state index contributed by atoms with van der Waals surface area (Å²) in [6.45, 7) is 0.579. The zero-order valence-corrected chi connectivity index (χ0v) is 17.4. The maximum absolute atomic E-state index is 9.87. The van der Waals surface area contributed by atoms with Crippen molar-refractivity contribution in [1.29, 1.82) is 0 Å². The van der Waals surface area contributed by atoms with E-state index in [0.717, 1.165) is 10.4 Å². The molecule has 26 heavy (non-hydrogen) atoms. The number of halogens is 4. The zero-order chi connectivity index (χ0) is 19.1. The van der Waals surface area contributed by atoms with Gasteiger partial charge in [0.05, 0.1) is 16.7 Å². The van der Waals surface area contributed by atoms with E-state index in [4.69, 9.17) is 68.1 Å². The van der Waals surface area contributed by atoms with E-state index < -0.39 is 0 Å². The summed E-state index contributed by atoms with van der Waals surface area (Å²) in [7, 11) is 0. The summed E-state index contributed by atoms with van der Waals surface area (Å²) in [6.07, 6.45) is 6.99. The van der Waals surface area contributed by atoms with Gasteiger partial charge in [-0.25, -0.2) is 0 Å². The molecule has 0 saturated carbocycles. The second kappa shape index (κ2) is 10.4. The van der Waals surface area contributed by atoms with Crippen LogP contribution in [0.1, 0.15) is 19.3 Å². The van der Waals surface area contributed by atoms with Gasteiger partial charge in [-0.15, -0.1) is 0 Å². The van der Waals surface area contributed by atoms with Gasteiger partial charge in [0, 0.05) is 29.0 Å². The van der Waals surface area contributed by atoms with Crippen molar-refractivity contribution in [3.63, 3.8) is 0 Å². The predicted molar refractivity (Wildman–Crippen MR) is 112 cm³/mol. The Morgan fingerprint density at radius 1 is 1.19 bits per heavy atom. The Morgan fingerprint density at radius 3 is 2.50 bits per heavy atom. The summed E-state index contributed by atoms with van der Waals surface area (Å²) >= 11 is 28.7. The molecule has 0 spiro atoms. The Balaban J connectivity index is 1.90. The molecule has 0 bridgehead atoms. The molecule has 0 aliphatic heterocycles. The van der Waals surface area contributed by atoms with E-state index in [2.05, 4.69) is 0 Å². The molecule has 0 amide bonds. The number of hydrogen-bond donors (Lipinski definition) is 1. The molecule has 0 unspecified atom stereocenters. The maximum atomic E-state index is 9.87. The van der Waals surface area contributed by atoms with Crippen LogP contribution in [0.2, 0.25) is 10.0 Å². The van der Waals surface area contributed by atoms with Crippen LogP contribution in [-0.4, -0.2) is 23.2 Å². The first-order valence-electron chi connectivity index (χ1n) is 7.76. The number of aliphatic hydroxyl groups is 1. The topological polar surface area (TPSA) is 38.7 Å². The first-order valence-corrected chi connectivity index (χ1v) is 9.68. The van der Waals surface area contributed by atoms with Crippen molar-refractivity contribution in [2.45, 2.75) is 19.3 Å². The van der Waals surface area contributed by atoms with Gasteiger partial charge in [0.15, 0.2) is 5.75 Å². The molecular formula is C18H16Cl4O3S. The lowest BCUT2D eigenvalue weighted by Gasteiger charge is -2.15.